The number of anilines is 1. The van der Waals surface area contributed by atoms with Crippen molar-refractivity contribution in [2.75, 3.05) is 5.32 Å². The predicted molar refractivity (Wildman–Crippen MR) is 104 cm³/mol. The van der Waals surface area contributed by atoms with Crippen LogP contribution in [0.3, 0.4) is 0 Å². The zero-order valence-electron chi connectivity index (χ0n) is 14.9. The van der Waals surface area contributed by atoms with Crippen molar-refractivity contribution >= 4 is 23.4 Å². The molecule has 0 unspecified atom stereocenters. The average Bonchev–Trinajstić information content (AvgIpc) is 3.14. The first-order valence-electron chi connectivity index (χ1n) is 8.31. The van der Waals surface area contributed by atoms with E-state index in [9.17, 15) is 20.2 Å². The largest absolute Gasteiger partial charge is 0.457 e. The quantitative estimate of drug-likeness (QED) is 0.301. The van der Waals surface area contributed by atoms with Gasteiger partial charge in [0.05, 0.1) is 4.92 Å². The number of amides is 1. The van der Waals surface area contributed by atoms with Gasteiger partial charge >= 0.3 is 0 Å². The number of benzene rings is 2. The lowest BCUT2D eigenvalue weighted by Crippen LogP contribution is -2.13. The number of carbonyl (C=O) groups excluding carboxylic acids is 1. The second-order valence-electron chi connectivity index (χ2n) is 6.00. The lowest BCUT2D eigenvalue weighted by molar-refractivity contribution is -0.384. The molecule has 7 heteroatoms. The molecule has 3 aromatic rings. The number of aryl methyl sites for hydroxylation is 1. The number of furan rings is 1. The van der Waals surface area contributed by atoms with Crippen molar-refractivity contribution in [2.45, 2.75) is 6.92 Å². The third-order valence-electron chi connectivity index (χ3n) is 3.92. The van der Waals surface area contributed by atoms with Crippen LogP contribution in [0.2, 0.25) is 0 Å². The Labute approximate surface area is 160 Å². The van der Waals surface area contributed by atoms with E-state index in [1.807, 2.05) is 25.1 Å². The maximum absolute atomic E-state index is 12.3. The summed E-state index contributed by atoms with van der Waals surface area (Å²) in [6.07, 6.45) is 1.35. The van der Waals surface area contributed by atoms with Gasteiger partial charge in [0.25, 0.3) is 11.6 Å². The molecule has 28 heavy (non-hydrogen) atoms. The molecular formula is C21H15N3O4. The van der Waals surface area contributed by atoms with Gasteiger partial charge in [0, 0.05) is 29.5 Å². The summed E-state index contributed by atoms with van der Waals surface area (Å²) >= 11 is 0. The number of nitro benzene ring substituents is 1. The highest BCUT2D eigenvalue weighted by atomic mass is 16.6. The molecule has 0 bridgehead atoms. The van der Waals surface area contributed by atoms with Crippen molar-refractivity contribution in [3.63, 3.8) is 0 Å². The molecule has 0 aliphatic carbocycles. The molecule has 0 aliphatic rings. The van der Waals surface area contributed by atoms with Crippen LogP contribution in [0.4, 0.5) is 11.4 Å². The van der Waals surface area contributed by atoms with E-state index in [1.165, 1.54) is 18.2 Å². The van der Waals surface area contributed by atoms with Crippen LogP contribution in [0.25, 0.3) is 17.4 Å². The molecule has 1 aromatic heterocycles. The summed E-state index contributed by atoms with van der Waals surface area (Å²) in [4.78, 5) is 22.6. The SMILES string of the molecule is Cc1cccc(NC(=O)/C(C#N)=C\c2ccc(-c3ccc([N+](=O)[O-])cc3)o2)c1. The number of hydrogen-bond donors (Lipinski definition) is 1. The summed E-state index contributed by atoms with van der Waals surface area (Å²) in [6, 6.07) is 18.3. The van der Waals surface area contributed by atoms with E-state index in [1.54, 1.807) is 36.4 Å². The zero-order valence-corrected chi connectivity index (χ0v) is 14.9. The summed E-state index contributed by atoms with van der Waals surface area (Å²) in [5.41, 5.74) is 2.10. The molecule has 1 amide bonds. The van der Waals surface area contributed by atoms with E-state index < -0.39 is 10.8 Å². The Kier molecular flexibility index (Phi) is 5.33. The number of nitrogens with zero attached hydrogens (tertiary/aromatic N) is 2. The summed E-state index contributed by atoms with van der Waals surface area (Å²) in [5, 5.41) is 22.7. The van der Waals surface area contributed by atoms with Crippen LogP contribution in [0.5, 0.6) is 0 Å². The van der Waals surface area contributed by atoms with Gasteiger partial charge in [-0.05, 0) is 48.9 Å². The Balaban J connectivity index is 1.79. The summed E-state index contributed by atoms with van der Waals surface area (Å²) in [6.45, 7) is 1.90. The molecule has 138 valence electrons. The maximum Gasteiger partial charge on any atom is 0.269 e. The minimum absolute atomic E-state index is 0.0185. The fourth-order valence-electron chi connectivity index (χ4n) is 2.55. The van der Waals surface area contributed by atoms with Crippen LogP contribution in [0, 0.1) is 28.4 Å². The van der Waals surface area contributed by atoms with Crippen LogP contribution in [-0.2, 0) is 4.79 Å². The minimum Gasteiger partial charge on any atom is -0.457 e. The summed E-state index contributed by atoms with van der Waals surface area (Å²) < 4.78 is 5.64. The monoisotopic (exact) mass is 373 g/mol. The number of non-ortho nitro benzene ring substituents is 1. The van der Waals surface area contributed by atoms with Gasteiger partial charge in [-0.25, -0.2) is 0 Å². The average molecular weight is 373 g/mol. The normalized spacial score (nSPS) is 10.9. The van der Waals surface area contributed by atoms with Crippen molar-refractivity contribution in [1.82, 2.24) is 0 Å². The number of hydrogen-bond acceptors (Lipinski definition) is 5. The third kappa shape index (κ3) is 4.31. The molecule has 1 N–H and O–H groups in total. The molecule has 0 saturated carbocycles. The fourth-order valence-corrected chi connectivity index (χ4v) is 2.55. The van der Waals surface area contributed by atoms with E-state index in [0.29, 0.717) is 22.8 Å². The molecule has 0 atom stereocenters. The first-order valence-corrected chi connectivity index (χ1v) is 8.31. The zero-order chi connectivity index (χ0) is 20.1. The highest BCUT2D eigenvalue weighted by Gasteiger charge is 2.12. The van der Waals surface area contributed by atoms with Gasteiger partial charge in [-0.3, -0.25) is 14.9 Å². The van der Waals surface area contributed by atoms with Gasteiger partial charge in [-0.15, -0.1) is 0 Å². The predicted octanol–water partition coefficient (Wildman–Crippen LogP) is 4.71. The second kappa shape index (κ2) is 8.01. The van der Waals surface area contributed by atoms with Crippen molar-refractivity contribution in [1.29, 1.82) is 5.26 Å². The van der Waals surface area contributed by atoms with Gasteiger partial charge < -0.3 is 9.73 Å². The molecule has 0 fully saturated rings. The van der Waals surface area contributed by atoms with Crippen LogP contribution in [-0.4, -0.2) is 10.8 Å². The van der Waals surface area contributed by atoms with E-state index in [2.05, 4.69) is 5.32 Å². The molecule has 0 aliphatic heterocycles. The van der Waals surface area contributed by atoms with Gasteiger partial charge in [0.2, 0.25) is 0 Å². The molecular weight excluding hydrogens is 358 g/mol. The van der Waals surface area contributed by atoms with Crippen molar-refractivity contribution in [3.05, 3.63) is 87.7 Å². The second-order valence-corrected chi connectivity index (χ2v) is 6.00. The molecule has 0 radical (unpaired) electrons. The van der Waals surface area contributed by atoms with Gasteiger partial charge in [-0.1, -0.05) is 12.1 Å². The smallest absolute Gasteiger partial charge is 0.269 e. The molecule has 2 aromatic carbocycles. The summed E-state index contributed by atoms with van der Waals surface area (Å²) in [7, 11) is 0. The first kappa shape index (κ1) is 18.6. The van der Waals surface area contributed by atoms with Crippen molar-refractivity contribution in [2.24, 2.45) is 0 Å². The molecule has 0 saturated heterocycles. The number of nitro groups is 1. The van der Waals surface area contributed by atoms with Crippen LogP contribution in [0.1, 0.15) is 11.3 Å². The molecule has 7 nitrogen and oxygen atoms in total. The first-order chi connectivity index (χ1) is 13.5. The van der Waals surface area contributed by atoms with Gasteiger partial charge in [0.15, 0.2) is 0 Å². The molecule has 3 rings (SSSR count). The van der Waals surface area contributed by atoms with E-state index in [0.717, 1.165) is 5.56 Å². The van der Waals surface area contributed by atoms with Gasteiger partial charge in [0.1, 0.15) is 23.2 Å². The number of nitrogens with one attached hydrogen (secondary N) is 1. The van der Waals surface area contributed by atoms with E-state index in [-0.39, 0.29) is 11.3 Å². The van der Waals surface area contributed by atoms with Gasteiger partial charge in [-0.2, -0.15) is 5.26 Å². The number of rotatable bonds is 5. The number of nitriles is 1. The van der Waals surface area contributed by atoms with Crippen LogP contribution < -0.4 is 5.32 Å². The minimum atomic E-state index is -0.540. The third-order valence-corrected chi connectivity index (χ3v) is 3.92. The Morgan fingerprint density at radius 3 is 2.57 bits per heavy atom. The highest BCUT2D eigenvalue weighted by molar-refractivity contribution is 6.09. The Morgan fingerprint density at radius 1 is 1.18 bits per heavy atom. The van der Waals surface area contributed by atoms with Crippen LogP contribution >= 0.6 is 0 Å². The molecule has 1 heterocycles. The van der Waals surface area contributed by atoms with E-state index >= 15 is 0 Å². The lowest BCUT2D eigenvalue weighted by atomic mass is 10.1. The summed E-state index contributed by atoms with van der Waals surface area (Å²) in [5.74, 6) is 0.253. The van der Waals surface area contributed by atoms with E-state index in [4.69, 9.17) is 4.42 Å². The topological polar surface area (TPSA) is 109 Å². The Morgan fingerprint density at radius 2 is 1.93 bits per heavy atom. The Hall–Kier alpha value is -4.18. The van der Waals surface area contributed by atoms with Crippen molar-refractivity contribution in [3.8, 4) is 17.4 Å². The Bertz CT molecular complexity index is 1110. The van der Waals surface area contributed by atoms with Crippen molar-refractivity contribution < 1.29 is 14.1 Å². The maximum atomic E-state index is 12.3. The highest BCUT2D eigenvalue weighted by Crippen LogP contribution is 2.25. The van der Waals surface area contributed by atoms with Crippen LogP contribution in [0.15, 0.2) is 70.7 Å². The standard InChI is InChI=1S/C21H15N3O4/c1-14-3-2-4-17(11-14)23-21(25)16(13-22)12-19-9-10-20(28-19)15-5-7-18(8-6-15)24(26)27/h2-12H,1H3,(H,23,25)/b16-12-. The number of carbonyl (C=O) groups is 1. The lowest BCUT2D eigenvalue weighted by Gasteiger charge is -2.04. The fraction of sp³-hybridized carbons (Fsp3) is 0.0476. The molecule has 0 spiro atoms.